The van der Waals surface area contributed by atoms with E-state index < -0.39 is 77.6 Å². The highest BCUT2D eigenvalue weighted by Crippen LogP contribution is 2.26. The number of aromatic amines is 1. The number of aliphatic hydroxyl groups excluding tert-OH is 2. The highest BCUT2D eigenvalue weighted by Gasteiger charge is 2.45. The number of rotatable bonds is 19. The van der Waals surface area contributed by atoms with Crippen molar-refractivity contribution in [3.8, 4) is 5.75 Å². The Kier molecular flexibility index (Phi) is 16.3. The Balaban J connectivity index is 1.90. The van der Waals surface area contributed by atoms with E-state index in [0.717, 1.165) is 0 Å². The Bertz CT molecular complexity index is 1620. The zero-order valence-corrected chi connectivity index (χ0v) is 31.1. The number of hydrogen-bond acceptors (Lipinski definition) is 11. The fourth-order valence-electron chi connectivity index (χ4n) is 5.78. The van der Waals surface area contributed by atoms with Gasteiger partial charge < -0.3 is 36.3 Å². The molecule has 2 aromatic heterocycles. The lowest BCUT2D eigenvalue weighted by Crippen LogP contribution is -2.60. The van der Waals surface area contributed by atoms with Crippen LogP contribution in [0.2, 0.25) is 0 Å². The molecule has 0 fully saturated rings. The van der Waals surface area contributed by atoms with Crippen LogP contribution in [0.15, 0.2) is 67.3 Å². The minimum atomic E-state index is -1.86. The van der Waals surface area contributed by atoms with E-state index in [9.17, 15) is 34.2 Å². The number of carbonyl (C=O) groups is 5. The molecule has 0 aliphatic carbocycles. The van der Waals surface area contributed by atoms with Crippen molar-refractivity contribution in [2.75, 3.05) is 6.61 Å². The molecule has 0 saturated carbocycles. The van der Waals surface area contributed by atoms with E-state index in [2.05, 4.69) is 25.6 Å². The molecule has 7 N–H and O–H groups in total. The van der Waals surface area contributed by atoms with E-state index in [1.807, 2.05) is 20.8 Å². The maximum Gasteiger partial charge on any atom is 0.285 e. The van der Waals surface area contributed by atoms with Gasteiger partial charge in [-0.3, -0.25) is 29.0 Å². The van der Waals surface area contributed by atoms with Crippen molar-refractivity contribution >= 4 is 29.5 Å². The van der Waals surface area contributed by atoms with Gasteiger partial charge in [0.05, 0.1) is 36.1 Å². The summed E-state index contributed by atoms with van der Waals surface area (Å²) in [6.07, 6.45) is 1.33. The third-order valence-electron chi connectivity index (χ3n) is 8.99. The predicted octanol–water partition coefficient (Wildman–Crippen LogP) is 2.00. The average Bonchev–Trinajstić information content (AvgIpc) is 3.66. The molecule has 15 heteroatoms. The molecule has 1 aromatic carbocycles. The third-order valence-corrected chi connectivity index (χ3v) is 8.99. The summed E-state index contributed by atoms with van der Waals surface area (Å²) in [5, 5.41) is 28.9. The Morgan fingerprint density at radius 2 is 1.58 bits per heavy atom. The number of ether oxygens (including phenoxy) is 1. The normalized spacial score (nSPS) is 15.4. The summed E-state index contributed by atoms with van der Waals surface area (Å²) in [5.74, 6) is -6.58. The largest absolute Gasteiger partial charge is 0.484 e. The summed E-state index contributed by atoms with van der Waals surface area (Å²) in [6.45, 7) is 10.0. The number of nitrogens with one attached hydrogen (secondary N) is 3. The number of para-hydroxylation sites is 1. The highest BCUT2D eigenvalue weighted by molar-refractivity contribution is 6.17. The van der Waals surface area contributed by atoms with Gasteiger partial charge in [-0.25, -0.2) is 9.88 Å². The standard InChI is InChI=1S/C38H53N7O8/c1-7-24(6)32(39)38(52)45(36(50)27-15-11-12-16-41-27)37(51)31(23(4)5)34(48)33(47)28(17-22(2)3)44-35(49)29(18-25-19-40-21-42-25)43-30(46)20-53-26-13-9-8-10-14-26/h8-16,19,21-24,28-29,31-34,47-48H,7,17-18,20,39H2,1-6H3,(H,40,42)(H,43,46)(H,44,49)/t24-,28-,29-,31+,32-,33+,34+/m0/s1. The monoisotopic (exact) mass is 735 g/mol. The van der Waals surface area contributed by atoms with Gasteiger partial charge in [0.2, 0.25) is 11.8 Å². The maximum atomic E-state index is 14.3. The first-order valence-electron chi connectivity index (χ1n) is 17.9. The molecule has 288 valence electrons. The number of aromatic nitrogens is 3. The van der Waals surface area contributed by atoms with E-state index in [1.165, 1.54) is 24.7 Å². The van der Waals surface area contributed by atoms with Crippen LogP contribution in [-0.4, -0.2) is 96.5 Å². The number of benzene rings is 1. The van der Waals surface area contributed by atoms with E-state index >= 15 is 0 Å². The molecule has 15 nitrogen and oxygen atoms in total. The van der Waals surface area contributed by atoms with Gasteiger partial charge in [0, 0.05) is 18.8 Å². The number of nitrogens with two attached hydrogens (primary N) is 1. The molecule has 53 heavy (non-hydrogen) atoms. The van der Waals surface area contributed by atoms with Gasteiger partial charge in [0.15, 0.2) is 6.61 Å². The van der Waals surface area contributed by atoms with Crippen LogP contribution in [0, 0.1) is 23.7 Å². The molecule has 7 atom stereocenters. The molecule has 0 aliphatic rings. The molecule has 0 unspecified atom stereocenters. The summed E-state index contributed by atoms with van der Waals surface area (Å²) in [6, 6.07) is 9.59. The van der Waals surface area contributed by atoms with Crippen LogP contribution in [0.5, 0.6) is 5.75 Å². The van der Waals surface area contributed by atoms with E-state index in [0.29, 0.717) is 22.8 Å². The molecule has 3 aromatic rings. The molecule has 5 amide bonds. The van der Waals surface area contributed by atoms with Crippen LogP contribution < -0.4 is 21.1 Å². The van der Waals surface area contributed by atoms with Gasteiger partial charge in [0.1, 0.15) is 23.6 Å². The lowest BCUT2D eigenvalue weighted by Gasteiger charge is -2.36. The topological polar surface area (TPSA) is 230 Å². The summed E-state index contributed by atoms with van der Waals surface area (Å²) in [4.78, 5) is 80.0. The van der Waals surface area contributed by atoms with Crippen LogP contribution in [0.4, 0.5) is 0 Å². The Morgan fingerprint density at radius 3 is 2.15 bits per heavy atom. The number of pyridine rings is 1. The number of amides is 5. The SMILES string of the molecule is CC[C@H](C)[C@H](N)C(=O)N(C(=O)c1ccccn1)C(=O)[C@H](C(C)C)[C@@H](O)[C@H](O)[C@H](CC(C)C)NC(=O)[C@H](Cc1c[nH]cn1)NC(=O)COc1ccccc1. The Morgan fingerprint density at radius 1 is 0.906 bits per heavy atom. The summed E-state index contributed by atoms with van der Waals surface area (Å²) in [7, 11) is 0. The second kappa shape index (κ2) is 20.3. The Hall–Kier alpha value is -4.99. The second-order valence-corrected chi connectivity index (χ2v) is 13.9. The van der Waals surface area contributed by atoms with E-state index in [4.69, 9.17) is 10.5 Å². The van der Waals surface area contributed by atoms with Gasteiger partial charge >= 0.3 is 0 Å². The molecule has 0 aliphatic heterocycles. The molecular formula is C38H53N7O8. The fraction of sp³-hybridized carbons (Fsp3) is 0.500. The molecular weight excluding hydrogens is 682 g/mol. The molecule has 0 spiro atoms. The molecule has 2 heterocycles. The number of H-pyrrole nitrogens is 1. The lowest BCUT2D eigenvalue weighted by molar-refractivity contribution is -0.152. The van der Waals surface area contributed by atoms with Crippen LogP contribution in [0.25, 0.3) is 0 Å². The number of hydrogen-bond donors (Lipinski definition) is 6. The van der Waals surface area contributed by atoms with Crippen molar-refractivity contribution < 1.29 is 38.9 Å². The zero-order chi connectivity index (χ0) is 39.2. The van der Waals surface area contributed by atoms with Crippen molar-refractivity contribution in [3.05, 3.63) is 78.6 Å². The molecule has 3 rings (SSSR count). The molecule has 0 saturated heterocycles. The predicted molar refractivity (Wildman–Crippen MR) is 196 cm³/mol. The number of carbonyl (C=O) groups excluding carboxylic acids is 5. The van der Waals surface area contributed by atoms with Crippen molar-refractivity contribution in [2.24, 2.45) is 29.4 Å². The van der Waals surface area contributed by atoms with E-state index in [1.54, 1.807) is 63.4 Å². The summed E-state index contributed by atoms with van der Waals surface area (Å²) >= 11 is 0. The Labute approximate surface area is 310 Å². The van der Waals surface area contributed by atoms with Crippen LogP contribution in [-0.2, 0) is 25.6 Å². The maximum absolute atomic E-state index is 14.3. The summed E-state index contributed by atoms with van der Waals surface area (Å²) in [5.41, 5.74) is 6.52. The van der Waals surface area contributed by atoms with Gasteiger partial charge in [-0.1, -0.05) is 72.2 Å². The number of aliphatic hydroxyl groups is 2. The first kappa shape index (κ1) is 42.4. The smallest absolute Gasteiger partial charge is 0.285 e. The highest BCUT2D eigenvalue weighted by atomic mass is 16.5. The van der Waals surface area contributed by atoms with Crippen molar-refractivity contribution in [2.45, 2.75) is 91.1 Å². The third kappa shape index (κ3) is 12.0. The number of imidazole rings is 1. The first-order chi connectivity index (χ1) is 25.2. The van der Waals surface area contributed by atoms with Gasteiger partial charge in [0.25, 0.3) is 17.7 Å². The average molecular weight is 736 g/mol. The lowest BCUT2D eigenvalue weighted by atomic mass is 9.82. The fourth-order valence-corrected chi connectivity index (χ4v) is 5.78. The van der Waals surface area contributed by atoms with Crippen molar-refractivity contribution in [1.29, 1.82) is 0 Å². The minimum absolute atomic E-state index is 0.0181. The number of imide groups is 3. The van der Waals surface area contributed by atoms with Crippen LogP contribution in [0.3, 0.4) is 0 Å². The summed E-state index contributed by atoms with van der Waals surface area (Å²) < 4.78 is 5.54. The van der Waals surface area contributed by atoms with Crippen LogP contribution >= 0.6 is 0 Å². The number of nitrogens with zero attached hydrogens (tertiary/aromatic N) is 3. The van der Waals surface area contributed by atoms with Crippen LogP contribution in [0.1, 0.15) is 70.6 Å². The van der Waals surface area contributed by atoms with E-state index in [-0.39, 0.29) is 31.1 Å². The molecule has 0 bridgehead atoms. The second-order valence-electron chi connectivity index (χ2n) is 13.9. The van der Waals surface area contributed by atoms with Crippen molar-refractivity contribution in [1.82, 2.24) is 30.5 Å². The first-order valence-corrected chi connectivity index (χ1v) is 17.9. The minimum Gasteiger partial charge on any atom is -0.484 e. The van der Waals surface area contributed by atoms with Gasteiger partial charge in [-0.2, -0.15) is 0 Å². The quantitative estimate of drug-likeness (QED) is 0.104. The zero-order valence-electron chi connectivity index (χ0n) is 31.1. The van der Waals surface area contributed by atoms with Crippen molar-refractivity contribution in [3.63, 3.8) is 0 Å². The van der Waals surface area contributed by atoms with Gasteiger partial charge in [-0.15, -0.1) is 0 Å². The molecule has 0 radical (unpaired) electrons. The van der Waals surface area contributed by atoms with Gasteiger partial charge in [-0.05, 0) is 48.4 Å².